The first-order valence-corrected chi connectivity index (χ1v) is 10.2. The molecule has 2 spiro atoms. The molecule has 7 rings (SSSR count). The molecule has 1 aromatic rings. The summed E-state index contributed by atoms with van der Waals surface area (Å²) in [7, 11) is 2.14. The predicted molar refractivity (Wildman–Crippen MR) is 100 cm³/mol. The monoisotopic (exact) mass is 383 g/mol. The Morgan fingerprint density at radius 2 is 2.21 bits per heavy atom. The fraction of sp³-hybridized carbons (Fsp3) is 0.591. The van der Waals surface area contributed by atoms with Crippen LogP contribution < -0.4 is 4.74 Å². The van der Waals surface area contributed by atoms with Gasteiger partial charge in [0.1, 0.15) is 11.7 Å². The third-order valence-electron chi connectivity index (χ3n) is 8.32. The third-order valence-corrected chi connectivity index (χ3v) is 8.32. The number of aromatic hydroxyl groups is 1. The van der Waals surface area contributed by atoms with Crippen LogP contribution in [0.2, 0.25) is 0 Å². The number of carbonyl (C=O) groups excluding carboxylic acids is 1. The SMILES string of the molecule is CCOC(=O)[C@@H]1C[C@@]23C=C[C@@]1(O)[C@H]1Oc4c(O)ccc5c4[C@@]12CCN(C)[C@H]3C5. The van der Waals surface area contributed by atoms with E-state index in [0.717, 1.165) is 24.9 Å². The molecule has 2 N–H and O–H groups in total. The molecule has 2 fully saturated rings. The van der Waals surface area contributed by atoms with Crippen LogP contribution in [0, 0.1) is 11.3 Å². The fourth-order valence-electron chi connectivity index (χ4n) is 7.27. The molecule has 2 aliphatic heterocycles. The van der Waals surface area contributed by atoms with Crippen LogP contribution in [0.5, 0.6) is 11.5 Å². The summed E-state index contributed by atoms with van der Waals surface area (Å²) < 4.78 is 11.7. The minimum Gasteiger partial charge on any atom is -0.504 e. The molecule has 6 nitrogen and oxygen atoms in total. The first-order valence-electron chi connectivity index (χ1n) is 10.2. The molecule has 28 heavy (non-hydrogen) atoms. The van der Waals surface area contributed by atoms with E-state index >= 15 is 0 Å². The molecule has 0 amide bonds. The van der Waals surface area contributed by atoms with E-state index < -0.39 is 23.0 Å². The van der Waals surface area contributed by atoms with Gasteiger partial charge in [-0.25, -0.2) is 0 Å². The third kappa shape index (κ3) is 1.52. The van der Waals surface area contributed by atoms with E-state index in [0.29, 0.717) is 12.2 Å². The molecule has 1 aromatic carbocycles. The first kappa shape index (κ1) is 16.9. The van der Waals surface area contributed by atoms with Crippen LogP contribution >= 0.6 is 0 Å². The van der Waals surface area contributed by atoms with Gasteiger partial charge in [-0.3, -0.25) is 4.79 Å². The molecular weight excluding hydrogens is 358 g/mol. The van der Waals surface area contributed by atoms with Crippen molar-refractivity contribution in [3.63, 3.8) is 0 Å². The van der Waals surface area contributed by atoms with E-state index in [1.54, 1.807) is 19.1 Å². The fourth-order valence-corrected chi connectivity index (χ4v) is 7.27. The van der Waals surface area contributed by atoms with Crippen molar-refractivity contribution < 1.29 is 24.5 Å². The van der Waals surface area contributed by atoms with Crippen LogP contribution in [0.1, 0.15) is 30.9 Å². The van der Waals surface area contributed by atoms with Crippen LogP contribution in [0.4, 0.5) is 0 Å². The van der Waals surface area contributed by atoms with Crippen LogP contribution in [0.3, 0.4) is 0 Å². The second-order valence-corrected chi connectivity index (χ2v) is 9.14. The summed E-state index contributed by atoms with van der Waals surface area (Å²) in [6, 6.07) is 3.91. The number of nitrogens with zero attached hydrogens (tertiary/aromatic N) is 1. The zero-order valence-corrected chi connectivity index (χ0v) is 16.1. The molecule has 4 bridgehead atoms. The molecule has 2 heterocycles. The van der Waals surface area contributed by atoms with Gasteiger partial charge in [-0.15, -0.1) is 0 Å². The maximum atomic E-state index is 12.9. The van der Waals surface area contributed by atoms with E-state index in [2.05, 4.69) is 18.0 Å². The van der Waals surface area contributed by atoms with Crippen LogP contribution in [-0.4, -0.2) is 59.0 Å². The van der Waals surface area contributed by atoms with Gasteiger partial charge in [0.15, 0.2) is 11.5 Å². The van der Waals surface area contributed by atoms with E-state index in [1.165, 1.54) is 5.56 Å². The minimum absolute atomic E-state index is 0.116. The Morgan fingerprint density at radius 1 is 1.39 bits per heavy atom. The highest BCUT2D eigenvalue weighted by Crippen LogP contribution is 2.74. The number of hydrogen-bond donors (Lipinski definition) is 2. The molecule has 6 aliphatic rings. The summed E-state index contributed by atoms with van der Waals surface area (Å²) in [6.07, 6.45) is 5.58. The highest BCUT2D eigenvalue weighted by atomic mass is 16.5. The van der Waals surface area contributed by atoms with Crippen molar-refractivity contribution in [1.29, 1.82) is 0 Å². The zero-order chi connectivity index (χ0) is 19.5. The average Bonchev–Trinajstić information content (AvgIpc) is 3.04. The number of likely N-dealkylation sites (N-methyl/N-ethyl adjacent to an activating group) is 1. The average molecular weight is 383 g/mol. The van der Waals surface area contributed by atoms with Crippen LogP contribution in [0.25, 0.3) is 0 Å². The van der Waals surface area contributed by atoms with Crippen LogP contribution in [-0.2, 0) is 21.4 Å². The quantitative estimate of drug-likeness (QED) is 0.596. The number of carbonyl (C=O) groups is 1. The number of esters is 1. The van der Waals surface area contributed by atoms with Gasteiger partial charge < -0.3 is 24.6 Å². The van der Waals surface area contributed by atoms with Crippen molar-refractivity contribution >= 4 is 5.97 Å². The van der Waals surface area contributed by atoms with E-state index in [4.69, 9.17) is 9.47 Å². The summed E-state index contributed by atoms with van der Waals surface area (Å²) in [5, 5.41) is 22.4. The lowest BCUT2D eigenvalue weighted by Gasteiger charge is -2.70. The van der Waals surface area contributed by atoms with Crippen LogP contribution in [0.15, 0.2) is 24.3 Å². The van der Waals surface area contributed by atoms with Gasteiger partial charge in [-0.05, 0) is 51.4 Å². The topological polar surface area (TPSA) is 79.2 Å². The normalized spacial score (nSPS) is 44.2. The molecule has 0 radical (unpaired) electrons. The largest absolute Gasteiger partial charge is 0.504 e. The summed E-state index contributed by atoms with van der Waals surface area (Å²) in [5.41, 5.74) is 0.0764. The lowest BCUT2D eigenvalue weighted by molar-refractivity contribution is -0.213. The number of rotatable bonds is 2. The van der Waals surface area contributed by atoms with Crippen molar-refractivity contribution in [1.82, 2.24) is 4.90 Å². The predicted octanol–water partition coefficient (Wildman–Crippen LogP) is 1.52. The number of likely N-dealkylation sites (tertiary alicyclic amines) is 1. The Hall–Kier alpha value is -2.05. The lowest BCUT2D eigenvalue weighted by atomic mass is 9.37. The zero-order valence-electron chi connectivity index (χ0n) is 16.1. The number of piperidine rings is 1. The number of benzene rings is 1. The number of phenols is 1. The number of aliphatic hydroxyl groups is 1. The van der Waals surface area contributed by atoms with E-state index in [-0.39, 0.29) is 29.8 Å². The maximum Gasteiger partial charge on any atom is 0.312 e. The van der Waals surface area contributed by atoms with Crippen molar-refractivity contribution in [2.45, 2.75) is 49.3 Å². The highest BCUT2D eigenvalue weighted by Gasteiger charge is 2.79. The van der Waals surface area contributed by atoms with E-state index in [1.807, 2.05) is 6.07 Å². The first-order chi connectivity index (χ1) is 13.4. The molecule has 6 heteroatoms. The Morgan fingerprint density at radius 3 is 3.00 bits per heavy atom. The van der Waals surface area contributed by atoms with E-state index in [9.17, 15) is 15.0 Å². The Balaban J connectivity index is 1.65. The maximum absolute atomic E-state index is 12.9. The van der Waals surface area contributed by atoms with Gasteiger partial charge in [-0.2, -0.15) is 0 Å². The molecule has 1 saturated heterocycles. The van der Waals surface area contributed by atoms with Gasteiger partial charge in [0.2, 0.25) is 0 Å². The molecule has 148 valence electrons. The van der Waals surface area contributed by atoms with Gasteiger partial charge in [0.05, 0.1) is 17.9 Å². The van der Waals surface area contributed by atoms with Crippen molar-refractivity contribution in [3.05, 3.63) is 35.4 Å². The number of ether oxygens (including phenoxy) is 2. The molecule has 1 saturated carbocycles. The minimum atomic E-state index is -1.44. The summed E-state index contributed by atoms with van der Waals surface area (Å²) in [5.74, 6) is -0.409. The highest BCUT2D eigenvalue weighted by molar-refractivity contribution is 5.78. The number of phenolic OH excluding ortho intramolecular Hbond substituents is 1. The summed E-state index contributed by atoms with van der Waals surface area (Å²) >= 11 is 0. The Bertz CT molecular complexity index is 943. The summed E-state index contributed by atoms with van der Waals surface area (Å²) in [4.78, 5) is 15.2. The number of fused-ring (bicyclic) bond motifs is 1. The Kier molecular flexibility index (Phi) is 2.96. The second kappa shape index (κ2) is 4.92. The van der Waals surface area contributed by atoms with Gasteiger partial charge in [-0.1, -0.05) is 18.2 Å². The molecular formula is C22H25NO5. The molecule has 0 unspecified atom stereocenters. The summed E-state index contributed by atoms with van der Waals surface area (Å²) in [6.45, 7) is 2.97. The van der Waals surface area contributed by atoms with Crippen molar-refractivity contribution in [3.8, 4) is 11.5 Å². The molecule has 6 atom stereocenters. The van der Waals surface area contributed by atoms with Gasteiger partial charge >= 0.3 is 5.97 Å². The standard InChI is InChI=1S/C22H25NO5/c1-3-27-18(25)13-11-20-6-7-22(13,26)19-21(20)8-9-23(2)15(20)10-12-4-5-14(24)17(28-19)16(12)21/h4-7,13,15,19,24,26H,3,8-11H2,1-2H3/t13-,15-,19-,20+,21-,22-/m0/s1. The van der Waals surface area contributed by atoms with Gasteiger partial charge in [0, 0.05) is 17.0 Å². The lowest BCUT2D eigenvalue weighted by Crippen LogP contribution is -2.79. The second-order valence-electron chi connectivity index (χ2n) is 9.14. The number of hydrogen-bond acceptors (Lipinski definition) is 6. The molecule has 4 aliphatic carbocycles. The van der Waals surface area contributed by atoms with Crippen molar-refractivity contribution in [2.75, 3.05) is 20.2 Å². The van der Waals surface area contributed by atoms with Crippen molar-refractivity contribution in [2.24, 2.45) is 11.3 Å². The Labute approximate surface area is 163 Å². The smallest absolute Gasteiger partial charge is 0.312 e. The molecule has 0 aromatic heterocycles. The van der Waals surface area contributed by atoms with Gasteiger partial charge in [0.25, 0.3) is 0 Å².